The maximum atomic E-state index is 13.0. The molecular weight excluding hydrogens is 1250 g/mol. The van der Waals surface area contributed by atoms with E-state index in [1.54, 1.807) is 0 Å². The Morgan fingerprint density at radius 1 is 0.297 bits per heavy atom. The molecule has 0 bridgehead atoms. The fourth-order valence-electron chi connectivity index (χ4n) is 14.0. The van der Waals surface area contributed by atoms with Gasteiger partial charge in [-0.25, -0.2) is 4.79 Å². The molecule has 0 heterocycles. The number of rotatable bonds is 86. The van der Waals surface area contributed by atoms with Gasteiger partial charge in [0.15, 0.2) is 6.10 Å². The number of likely N-dealkylation sites (N-methyl/N-ethyl adjacent to an activating group) is 1. The highest BCUT2D eigenvalue weighted by Crippen LogP contribution is 2.21. The largest absolute Gasteiger partial charge is 0.477 e. The van der Waals surface area contributed by atoms with Crippen LogP contribution in [-0.2, 0) is 33.3 Å². The first kappa shape index (κ1) is 98.5. The van der Waals surface area contributed by atoms with Gasteiger partial charge in [0, 0.05) is 12.8 Å². The average Bonchev–Trinajstić information content (AvgIpc) is 1.25. The zero-order valence-corrected chi connectivity index (χ0v) is 68.6. The molecule has 0 aliphatic heterocycles. The van der Waals surface area contributed by atoms with Crippen LogP contribution in [0.15, 0.2) is 36.5 Å². The van der Waals surface area contributed by atoms with Crippen LogP contribution in [0.3, 0.4) is 0 Å². The van der Waals surface area contributed by atoms with Gasteiger partial charge in [0.05, 0.1) is 34.4 Å². The zero-order chi connectivity index (χ0) is 73.2. The number of quaternary nitrogens is 1. The SMILES string of the molecule is CCCCCCC/C=C\C/C=C\CCCCCCCCCCCCCCCCCCCCCCCCCC(=O)OC(COC(=O)CCCCCCCCCCCCCCCCCCCCCCCCCCCCCCC/C=C\CCCCCCCCCC)COC(OCC[N+](C)(C)C)C(=O)O. The quantitative estimate of drug-likeness (QED) is 0.0211. The lowest BCUT2D eigenvalue weighted by atomic mass is 10.0. The molecule has 2 unspecified atom stereocenters. The molecule has 0 spiro atoms. The highest BCUT2D eigenvalue weighted by Gasteiger charge is 2.25. The Morgan fingerprint density at radius 2 is 0.535 bits per heavy atom. The minimum Gasteiger partial charge on any atom is -0.477 e. The van der Waals surface area contributed by atoms with Gasteiger partial charge in [-0.3, -0.25) is 9.59 Å². The van der Waals surface area contributed by atoms with Crippen molar-refractivity contribution in [3.05, 3.63) is 36.5 Å². The summed E-state index contributed by atoms with van der Waals surface area (Å²) in [5.41, 5.74) is 0. The number of hydrogen-bond acceptors (Lipinski definition) is 7. The van der Waals surface area contributed by atoms with Crippen LogP contribution >= 0.6 is 0 Å². The minimum absolute atomic E-state index is 0.174. The van der Waals surface area contributed by atoms with Gasteiger partial charge < -0.3 is 28.5 Å². The zero-order valence-electron chi connectivity index (χ0n) is 68.6. The summed E-state index contributed by atoms with van der Waals surface area (Å²) in [5.74, 6) is -1.96. The fraction of sp³-hybridized carbons (Fsp3) is 0.902. The Balaban J connectivity index is 3.88. The molecule has 0 aromatic rings. The highest BCUT2D eigenvalue weighted by molar-refractivity contribution is 5.71. The summed E-state index contributed by atoms with van der Waals surface area (Å²) in [6.07, 6.45) is 106. The third-order valence-corrected chi connectivity index (χ3v) is 20.9. The van der Waals surface area contributed by atoms with E-state index in [0.717, 1.165) is 44.9 Å². The molecule has 0 aromatic heterocycles. The molecule has 0 radical (unpaired) electrons. The van der Waals surface area contributed by atoms with Gasteiger partial charge in [0.25, 0.3) is 6.29 Å². The van der Waals surface area contributed by atoms with Gasteiger partial charge in [0.2, 0.25) is 0 Å². The van der Waals surface area contributed by atoms with E-state index in [1.165, 1.54) is 405 Å². The van der Waals surface area contributed by atoms with E-state index in [9.17, 15) is 19.5 Å². The predicted octanol–water partition coefficient (Wildman–Crippen LogP) is 29.4. The van der Waals surface area contributed by atoms with Crippen LogP contribution in [-0.4, -0.2) is 87.4 Å². The number of aliphatic carboxylic acids is 1. The third-order valence-electron chi connectivity index (χ3n) is 20.9. The molecule has 0 fully saturated rings. The lowest BCUT2D eigenvalue weighted by Crippen LogP contribution is -2.40. The van der Waals surface area contributed by atoms with Crippen molar-refractivity contribution in [2.45, 2.75) is 489 Å². The summed E-state index contributed by atoms with van der Waals surface area (Å²) in [6, 6.07) is 0. The second kappa shape index (κ2) is 83.2. The first-order valence-electron chi connectivity index (χ1n) is 45.2. The first-order chi connectivity index (χ1) is 49.6. The number of esters is 2. The van der Waals surface area contributed by atoms with Gasteiger partial charge in [-0.1, -0.05) is 429 Å². The van der Waals surface area contributed by atoms with Gasteiger partial charge in [-0.15, -0.1) is 0 Å². The van der Waals surface area contributed by atoms with Gasteiger partial charge in [-0.05, 0) is 70.6 Å². The molecule has 2 atom stereocenters. The van der Waals surface area contributed by atoms with Crippen molar-refractivity contribution in [1.29, 1.82) is 0 Å². The summed E-state index contributed by atoms with van der Waals surface area (Å²) in [7, 11) is 6.01. The van der Waals surface area contributed by atoms with E-state index in [-0.39, 0.29) is 38.2 Å². The number of carbonyl (C=O) groups is 3. The van der Waals surface area contributed by atoms with Crippen molar-refractivity contribution in [1.82, 2.24) is 0 Å². The number of carbonyl (C=O) groups excluding carboxylic acids is 2. The van der Waals surface area contributed by atoms with Crippen LogP contribution in [0.4, 0.5) is 0 Å². The van der Waals surface area contributed by atoms with Crippen molar-refractivity contribution < 1.29 is 42.9 Å². The molecule has 0 saturated carbocycles. The number of carboxylic acid groups (broad SMARTS) is 1. The van der Waals surface area contributed by atoms with Crippen LogP contribution in [0.1, 0.15) is 476 Å². The Hall–Kier alpha value is -2.49. The lowest BCUT2D eigenvalue weighted by molar-refractivity contribution is -0.870. The normalized spacial score (nSPS) is 12.7. The molecule has 9 heteroatoms. The predicted molar refractivity (Wildman–Crippen MR) is 438 cm³/mol. The number of unbranched alkanes of at least 4 members (excludes halogenated alkanes) is 65. The summed E-state index contributed by atoms with van der Waals surface area (Å²) in [4.78, 5) is 37.8. The minimum atomic E-state index is -1.51. The van der Waals surface area contributed by atoms with E-state index in [4.69, 9.17) is 18.9 Å². The molecule has 1 N–H and O–H groups in total. The first-order valence-corrected chi connectivity index (χ1v) is 45.2. The molecule has 9 nitrogen and oxygen atoms in total. The number of hydrogen-bond donors (Lipinski definition) is 1. The molecule has 0 rings (SSSR count). The van der Waals surface area contributed by atoms with Crippen molar-refractivity contribution in [2.24, 2.45) is 0 Å². The standard InChI is InChI=1S/C92H175NO8/c1-6-8-10-12-14-16-18-20-22-24-26-28-30-32-34-36-38-40-42-43-44-45-46-47-49-50-52-54-56-58-60-62-64-66-68-70-72-74-76-78-80-82-89(94)99-86-88(87-100-92(91(96)97)98-85-84-93(3,4)5)101-90(95)83-81-79-77-75-73-71-69-67-65-63-61-59-57-55-53-51-48-41-39-37-35-33-31-29-27-25-23-21-19-17-15-13-11-9-7-2/h19,21,24-27,88,92H,6-18,20,22-23,28-87H2,1-5H3/p+1/b21-19-,26-24-,27-25-. The average molecular weight is 1420 g/mol. The molecule has 0 aliphatic carbocycles. The van der Waals surface area contributed by atoms with E-state index in [0.29, 0.717) is 17.4 Å². The van der Waals surface area contributed by atoms with E-state index in [1.807, 2.05) is 21.1 Å². The second-order valence-electron chi connectivity index (χ2n) is 32.3. The number of allylic oxidation sites excluding steroid dienone is 6. The Kier molecular flexibility index (Phi) is 81.1. The molecule has 0 aromatic carbocycles. The molecular formula is C92H176NO8+. The molecule has 101 heavy (non-hydrogen) atoms. The summed E-state index contributed by atoms with van der Waals surface area (Å²) in [5, 5.41) is 9.79. The van der Waals surface area contributed by atoms with Crippen LogP contribution in [0.25, 0.3) is 0 Å². The Bertz CT molecular complexity index is 1760. The molecule has 0 saturated heterocycles. The van der Waals surface area contributed by atoms with Gasteiger partial charge in [-0.2, -0.15) is 0 Å². The van der Waals surface area contributed by atoms with Crippen LogP contribution in [0.5, 0.6) is 0 Å². The summed E-state index contributed by atoms with van der Waals surface area (Å²) < 4.78 is 23.1. The van der Waals surface area contributed by atoms with Gasteiger partial charge in [0.1, 0.15) is 13.2 Å². The number of ether oxygens (including phenoxy) is 4. The molecule has 0 aliphatic rings. The molecule has 596 valence electrons. The van der Waals surface area contributed by atoms with Crippen LogP contribution < -0.4 is 0 Å². The van der Waals surface area contributed by atoms with Crippen LogP contribution in [0.2, 0.25) is 0 Å². The number of carboxylic acids is 1. The van der Waals surface area contributed by atoms with Crippen molar-refractivity contribution >= 4 is 17.9 Å². The molecule has 0 amide bonds. The Morgan fingerprint density at radius 3 is 0.792 bits per heavy atom. The number of nitrogens with zero attached hydrogens (tertiary/aromatic N) is 1. The lowest BCUT2D eigenvalue weighted by Gasteiger charge is -2.25. The fourth-order valence-corrected chi connectivity index (χ4v) is 14.0. The van der Waals surface area contributed by atoms with E-state index < -0.39 is 18.4 Å². The van der Waals surface area contributed by atoms with Crippen LogP contribution in [0, 0.1) is 0 Å². The topological polar surface area (TPSA) is 108 Å². The van der Waals surface area contributed by atoms with E-state index in [2.05, 4.69) is 50.3 Å². The third kappa shape index (κ3) is 84.6. The highest BCUT2D eigenvalue weighted by atomic mass is 16.7. The maximum Gasteiger partial charge on any atom is 0.361 e. The smallest absolute Gasteiger partial charge is 0.361 e. The second-order valence-corrected chi connectivity index (χ2v) is 32.3. The monoisotopic (exact) mass is 1420 g/mol. The van der Waals surface area contributed by atoms with Gasteiger partial charge >= 0.3 is 17.9 Å². The van der Waals surface area contributed by atoms with Crippen molar-refractivity contribution in [2.75, 3.05) is 47.5 Å². The Labute approximate surface area is 630 Å². The van der Waals surface area contributed by atoms with Crippen molar-refractivity contribution in [3.8, 4) is 0 Å². The van der Waals surface area contributed by atoms with E-state index >= 15 is 0 Å². The maximum absolute atomic E-state index is 13.0. The summed E-state index contributed by atoms with van der Waals surface area (Å²) >= 11 is 0. The van der Waals surface area contributed by atoms with Crippen molar-refractivity contribution in [3.63, 3.8) is 0 Å². The summed E-state index contributed by atoms with van der Waals surface area (Å²) in [6.45, 7) is 4.96.